The Hall–Kier alpha value is -1.42. The maximum absolute atomic E-state index is 13.8. The van der Waals surface area contributed by atoms with Gasteiger partial charge in [0.2, 0.25) is 5.91 Å². The van der Waals surface area contributed by atoms with Gasteiger partial charge in [-0.3, -0.25) is 9.69 Å². The first-order valence-electron chi connectivity index (χ1n) is 8.87. The van der Waals surface area contributed by atoms with E-state index in [2.05, 4.69) is 4.90 Å². The van der Waals surface area contributed by atoms with Crippen LogP contribution in [0, 0.1) is 11.7 Å². The molecule has 3 nitrogen and oxygen atoms in total. The number of carbonyl (C=O) groups excluding carboxylic acids is 1. The molecule has 0 N–H and O–H groups in total. The molecule has 0 bridgehead atoms. The Bertz CT molecular complexity index is 542. The molecule has 0 unspecified atom stereocenters. The van der Waals surface area contributed by atoms with Crippen molar-refractivity contribution in [1.82, 2.24) is 9.80 Å². The predicted molar refractivity (Wildman–Crippen MR) is 89.4 cm³/mol. The molecule has 1 saturated carbocycles. The molecule has 1 heterocycles. The molecular formula is C19H27FN2O. The molecule has 23 heavy (non-hydrogen) atoms. The Balaban J connectivity index is 1.59. The molecule has 1 amide bonds. The van der Waals surface area contributed by atoms with Crippen molar-refractivity contribution in [3.8, 4) is 0 Å². The quantitative estimate of drug-likeness (QED) is 0.849. The summed E-state index contributed by atoms with van der Waals surface area (Å²) in [6, 6.07) is 7.25. The van der Waals surface area contributed by atoms with Crippen molar-refractivity contribution in [3.05, 3.63) is 35.6 Å². The fraction of sp³-hybridized carbons (Fsp3) is 0.632. The van der Waals surface area contributed by atoms with Crippen LogP contribution >= 0.6 is 0 Å². The average Bonchev–Trinajstić information content (AvgIpc) is 3.10. The van der Waals surface area contributed by atoms with Gasteiger partial charge in [-0.05, 0) is 38.3 Å². The first-order valence-corrected chi connectivity index (χ1v) is 8.87. The lowest BCUT2D eigenvalue weighted by Crippen LogP contribution is -2.49. The smallest absolute Gasteiger partial charge is 0.225 e. The summed E-state index contributed by atoms with van der Waals surface area (Å²) in [5, 5.41) is 0. The largest absolute Gasteiger partial charge is 0.341 e. The second-order valence-electron chi connectivity index (χ2n) is 7.05. The maximum Gasteiger partial charge on any atom is 0.225 e. The Labute approximate surface area is 138 Å². The van der Waals surface area contributed by atoms with Crippen LogP contribution in [-0.2, 0) is 11.3 Å². The number of halogens is 1. The maximum atomic E-state index is 13.8. The van der Waals surface area contributed by atoms with Crippen LogP contribution in [0.15, 0.2) is 24.3 Å². The Kier molecular flexibility index (Phi) is 5.31. The number of likely N-dealkylation sites (tertiary alicyclic amines) is 1. The van der Waals surface area contributed by atoms with E-state index in [9.17, 15) is 9.18 Å². The average molecular weight is 318 g/mol. The number of likely N-dealkylation sites (N-methyl/N-ethyl adjacent to an activating group) is 1. The van der Waals surface area contributed by atoms with Crippen molar-refractivity contribution in [1.29, 1.82) is 0 Å². The van der Waals surface area contributed by atoms with Gasteiger partial charge in [0.1, 0.15) is 5.82 Å². The van der Waals surface area contributed by atoms with E-state index in [1.165, 1.54) is 18.9 Å². The van der Waals surface area contributed by atoms with Crippen LogP contribution in [0.25, 0.3) is 0 Å². The lowest BCUT2D eigenvalue weighted by molar-refractivity contribution is -0.137. The van der Waals surface area contributed by atoms with Gasteiger partial charge >= 0.3 is 0 Å². The van der Waals surface area contributed by atoms with Gasteiger partial charge in [-0.2, -0.15) is 0 Å². The van der Waals surface area contributed by atoms with Crippen molar-refractivity contribution in [2.24, 2.45) is 5.92 Å². The zero-order chi connectivity index (χ0) is 16.2. The number of nitrogens with zero attached hydrogens (tertiary/aromatic N) is 2. The number of hydrogen-bond acceptors (Lipinski definition) is 2. The van der Waals surface area contributed by atoms with E-state index in [1.54, 1.807) is 6.07 Å². The summed E-state index contributed by atoms with van der Waals surface area (Å²) in [5.41, 5.74) is 0.748. The van der Waals surface area contributed by atoms with Gasteiger partial charge in [-0.25, -0.2) is 4.39 Å². The van der Waals surface area contributed by atoms with Crippen LogP contribution < -0.4 is 0 Å². The molecule has 2 fully saturated rings. The van der Waals surface area contributed by atoms with E-state index in [0.717, 1.165) is 44.3 Å². The standard InChI is InChI=1S/C19H27FN2O/c1-21(19(23)15-7-2-3-8-15)17-10-6-12-22(14-17)13-16-9-4-5-11-18(16)20/h4-5,9,11,15,17H,2-3,6-8,10,12-14H2,1H3/t17-/m1/s1. The van der Waals surface area contributed by atoms with Crippen molar-refractivity contribution in [2.45, 2.75) is 51.1 Å². The highest BCUT2D eigenvalue weighted by atomic mass is 19.1. The molecule has 3 rings (SSSR count). The molecule has 1 aromatic rings. The second kappa shape index (κ2) is 7.43. The summed E-state index contributed by atoms with van der Waals surface area (Å²) in [6.07, 6.45) is 6.61. The molecule has 126 valence electrons. The third kappa shape index (κ3) is 3.92. The van der Waals surface area contributed by atoms with Crippen molar-refractivity contribution < 1.29 is 9.18 Å². The third-order valence-corrected chi connectivity index (χ3v) is 5.43. The Morgan fingerprint density at radius 3 is 2.70 bits per heavy atom. The normalized spacial score (nSPS) is 23.1. The molecule has 1 aliphatic heterocycles. The lowest BCUT2D eigenvalue weighted by Gasteiger charge is -2.38. The lowest BCUT2D eigenvalue weighted by atomic mass is 10.0. The number of amides is 1. The van der Waals surface area contributed by atoms with Crippen molar-refractivity contribution >= 4 is 5.91 Å². The van der Waals surface area contributed by atoms with Gasteiger partial charge in [0.15, 0.2) is 0 Å². The highest BCUT2D eigenvalue weighted by Gasteiger charge is 2.31. The van der Waals surface area contributed by atoms with Crippen LogP contribution in [0.3, 0.4) is 0 Å². The number of piperidine rings is 1. The summed E-state index contributed by atoms with van der Waals surface area (Å²) in [4.78, 5) is 16.9. The number of benzene rings is 1. The minimum absolute atomic E-state index is 0.134. The number of rotatable bonds is 4. The Morgan fingerprint density at radius 2 is 1.96 bits per heavy atom. The van der Waals surface area contributed by atoms with Crippen LogP contribution in [0.5, 0.6) is 0 Å². The topological polar surface area (TPSA) is 23.6 Å². The fourth-order valence-corrected chi connectivity index (χ4v) is 4.00. The molecule has 2 aliphatic rings. The highest BCUT2D eigenvalue weighted by molar-refractivity contribution is 5.79. The number of carbonyl (C=O) groups is 1. The molecule has 0 aromatic heterocycles. The highest BCUT2D eigenvalue weighted by Crippen LogP contribution is 2.28. The van der Waals surface area contributed by atoms with Gasteiger partial charge in [0.25, 0.3) is 0 Å². The van der Waals surface area contributed by atoms with E-state index in [-0.39, 0.29) is 17.8 Å². The number of hydrogen-bond donors (Lipinski definition) is 0. The van der Waals surface area contributed by atoms with Gasteiger partial charge in [-0.15, -0.1) is 0 Å². The minimum atomic E-state index is -0.134. The molecule has 1 atom stereocenters. The molecule has 1 saturated heterocycles. The Morgan fingerprint density at radius 1 is 1.22 bits per heavy atom. The van der Waals surface area contributed by atoms with E-state index in [4.69, 9.17) is 0 Å². The summed E-state index contributed by atoms with van der Waals surface area (Å²) in [6.45, 7) is 2.47. The van der Waals surface area contributed by atoms with Crippen LogP contribution in [0.2, 0.25) is 0 Å². The van der Waals surface area contributed by atoms with Crippen LogP contribution in [0.1, 0.15) is 44.1 Å². The van der Waals surface area contributed by atoms with Crippen molar-refractivity contribution in [3.63, 3.8) is 0 Å². The van der Waals surface area contributed by atoms with Crippen molar-refractivity contribution in [2.75, 3.05) is 20.1 Å². The molecule has 0 spiro atoms. The van der Waals surface area contributed by atoms with Gasteiger partial charge < -0.3 is 4.90 Å². The monoisotopic (exact) mass is 318 g/mol. The van der Waals surface area contributed by atoms with E-state index in [1.807, 2.05) is 24.1 Å². The SMILES string of the molecule is CN(C(=O)C1CCCC1)[C@@H]1CCCN(Cc2ccccc2F)C1. The first-order chi connectivity index (χ1) is 11.1. The van der Waals surface area contributed by atoms with Crippen LogP contribution in [0.4, 0.5) is 4.39 Å². The van der Waals surface area contributed by atoms with Gasteiger partial charge in [0, 0.05) is 37.7 Å². The zero-order valence-corrected chi connectivity index (χ0v) is 14.0. The van der Waals surface area contributed by atoms with E-state index in [0.29, 0.717) is 12.5 Å². The molecule has 1 aliphatic carbocycles. The molecule has 0 radical (unpaired) electrons. The zero-order valence-electron chi connectivity index (χ0n) is 14.0. The second-order valence-corrected chi connectivity index (χ2v) is 7.05. The predicted octanol–water partition coefficient (Wildman–Crippen LogP) is 3.44. The summed E-state index contributed by atoms with van der Waals surface area (Å²) >= 11 is 0. The summed E-state index contributed by atoms with van der Waals surface area (Å²) in [7, 11) is 1.96. The third-order valence-electron chi connectivity index (χ3n) is 5.43. The van der Waals surface area contributed by atoms with E-state index >= 15 is 0 Å². The van der Waals surface area contributed by atoms with Crippen LogP contribution in [-0.4, -0.2) is 41.9 Å². The molecular weight excluding hydrogens is 291 g/mol. The minimum Gasteiger partial charge on any atom is -0.341 e. The first kappa shape index (κ1) is 16.4. The molecule has 1 aromatic carbocycles. The van der Waals surface area contributed by atoms with Gasteiger partial charge in [0.05, 0.1) is 0 Å². The summed E-state index contributed by atoms with van der Waals surface area (Å²) in [5.74, 6) is 0.423. The molecule has 4 heteroatoms. The van der Waals surface area contributed by atoms with Gasteiger partial charge in [-0.1, -0.05) is 31.0 Å². The van der Waals surface area contributed by atoms with E-state index < -0.39 is 0 Å². The fourth-order valence-electron chi connectivity index (χ4n) is 4.00. The summed E-state index contributed by atoms with van der Waals surface area (Å²) < 4.78 is 13.8.